The lowest BCUT2D eigenvalue weighted by atomic mass is 9.98. The Morgan fingerprint density at radius 2 is 1.79 bits per heavy atom. The van der Waals surface area contributed by atoms with Crippen LogP contribution in [0.5, 0.6) is 11.5 Å². The molecule has 0 saturated carbocycles. The monoisotopic (exact) mass is 328 g/mol. The Morgan fingerprint density at radius 3 is 2.42 bits per heavy atom. The quantitative estimate of drug-likeness (QED) is 0.910. The van der Waals surface area contributed by atoms with E-state index in [-0.39, 0.29) is 0 Å². The molecule has 1 aliphatic rings. The molecule has 24 heavy (non-hydrogen) atoms. The van der Waals surface area contributed by atoms with E-state index in [9.17, 15) is 0 Å². The van der Waals surface area contributed by atoms with Crippen LogP contribution in [-0.2, 0) is 19.4 Å². The molecule has 6 heteroatoms. The normalized spacial score (nSPS) is 13.4. The standard InChI is InChI=1S/C18H24N4O2/c1-5-14-10-17(21-18(19-2)20-14)22-7-6-12-8-15(23-3)16(24-4)9-13(12)11-22/h8-10H,5-7,11H2,1-4H3,(H,19,20,21). The van der Waals surface area contributed by atoms with Crippen molar-refractivity contribution in [2.45, 2.75) is 26.3 Å². The molecule has 0 unspecified atom stereocenters. The lowest BCUT2D eigenvalue weighted by Crippen LogP contribution is -2.31. The Kier molecular flexibility index (Phi) is 4.74. The summed E-state index contributed by atoms with van der Waals surface area (Å²) < 4.78 is 10.8. The molecule has 0 amide bonds. The van der Waals surface area contributed by atoms with Crippen molar-refractivity contribution >= 4 is 11.8 Å². The topological polar surface area (TPSA) is 59.5 Å². The van der Waals surface area contributed by atoms with Crippen LogP contribution in [0, 0.1) is 0 Å². The van der Waals surface area contributed by atoms with E-state index in [4.69, 9.17) is 9.47 Å². The zero-order chi connectivity index (χ0) is 17.1. The van der Waals surface area contributed by atoms with Crippen molar-refractivity contribution in [1.82, 2.24) is 9.97 Å². The van der Waals surface area contributed by atoms with Crippen molar-refractivity contribution in [2.24, 2.45) is 0 Å². The van der Waals surface area contributed by atoms with Crippen molar-refractivity contribution < 1.29 is 9.47 Å². The minimum absolute atomic E-state index is 0.669. The first-order chi connectivity index (χ1) is 11.7. The van der Waals surface area contributed by atoms with Gasteiger partial charge in [0, 0.05) is 31.9 Å². The highest BCUT2D eigenvalue weighted by atomic mass is 16.5. The highest BCUT2D eigenvalue weighted by molar-refractivity contribution is 5.53. The SMILES string of the molecule is CCc1cc(N2CCc3cc(OC)c(OC)cc3C2)nc(NC)n1. The highest BCUT2D eigenvalue weighted by Crippen LogP contribution is 2.34. The van der Waals surface area contributed by atoms with Gasteiger partial charge in [0.15, 0.2) is 11.5 Å². The summed E-state index contributed by atoms with van der Waals surface area (Å²) in [5, 5.41) is 3.05. The number of benzene rings is 1. The Balaban J connectivity index is 1.92. The van der Waals surface area contributed by atoms with Gasteiger partial charge in [0.05, 0.1) is 14.2 Å². The molecule has 3 rings (SSSR count). The zero-order valence-corrected chi connectivity index (χ0v) is 14.7. The maximum atomic E-state index is 5.44. The number of aromatic nitrogens is 2. The summed E-state index contributed by atoms with van der Waals surface area (Å²) in [7, 11) is 5.19. The minimum atomic E-state index is 0.669. The number of aryl methyl sites for hydroxylation is 1. The largest absolute Gasteiger partial charge is 0.493 e. The van der Waals surface area contributed by atoms with Gasteiger partial charge in [-0.05, 0) is 36.1 Å². The minimum Gasteiger partial charge on any atom is -0.493 e. The predicted octanol–water partition coefficient (Wildman–Crippen LogP) is 2.66. The first-order valence-corrected chi connectivity index (χ1v) is 8.23. The number of hydrogen-bond donors (Lipinski definition) is 1. The number of methoxy groups -OCH3 is 2. The van der Waals surface area contributed by atoms with Gasteiger partial charge in [-0.2, -0.15) is 4.98 Å². The van der Waals surface area contributed by atoms with E-state index < -0.39 is 0 Å². The molecule has 1 aromatic carbocycles. The van der Waals surface area contributed by atoms with E-state index in [1.165, 1.54) is 11.1 Å². The second-order valence-electron chi connectivity index (χ2n) is 5.79. The third-order valence-electron chi connectivity index (χ3n) is 4.39. The number of rotatable bonds is 5. The molecule has 2 aromatic rings. The molecule has 1 N–H and O–H groups in total. The van der Waals surface area contributed by atoms with Gasteiger partial charge in [0.2, 0.25) is 5.95 Å². The van der Waals surface area contributed by atoms with Crippen molar-refractivity contribution in [1.29, 1.82) is 0 Å². The van der Waals surface area contributed by atoms with Crippen LogP contribution in [0.15, 0.2) is 18.2 Å². The van der Waals surface area contributed by atoms with Gasteiger partial charge in [-0.1, -0.05) is 6.92 Å². The van der Waals surface area contributed by atoms with E-state index in [2.05, 4.69) is 45.3 Å². The van der Waals surface area contributed by atoms with Crippen LogP contribution in [0.4, 0.5) is 11.8 Å². The van der Waals surface area contributed by atoms with E-state index in [1.807, 2.05) is 7.05 Å². The van der Waals surface area contributed by atoms with Crippen LogP contribution >= 0.6 is 0 Å². The first-order valence-electron chi connectivity index (χ1n) is 8.23. The number of hydrogen-bond acceptors (Lipinski definition) is 6. The number of fused-ring (bicyclic) bond motifs is 1. The number of ether oxygens (including phenoxy) is 2. The lowest BCUT2D eigenvalue weighted by Gasteiger charge is -2.30. The Bertz CT molecular complexity index is 711. The summed E-state index contributed by atoms with van der Waals surface area (Å²) in [5.74, 6) is 3.19. The molecule has 1 aliphatic heterocycles. The molecular weight excluding hydrogens is 304 g/mol. The van der Waals surface area contributed by atoms with Crippen molar-refractivity contribution in [2.75, 3.05) is 38.0 Å². The van der Waals surface area contributed by atoms with Gasteiger partial charge in [-0.3, -0.25) is 0 Å². The first kappa shape index (κ1) is 16.4. The average Bonchev–Trinajstić information content (AvgIpc) is 2.65. The molecule has 2 heterocycles. The summed E-state index contributed by atoms with van der Waals surface area (Å²) in [6.07, 6.45) is 1.84. The third-order valence-corrected chi connectivity index (χ3v) is 4.39. The zero-order valence-electron chi connectivity index (χ0n) is 14.7. The van der Waals surface area contributed by atoms with E-state index in [0.717, 1.165) is 48.9 Å². The Morgan fingerprint density at radius 1 is 1.08 bits per heavy atom. The van der Waals surface area contributed by atoms with Crippen LogP contribution in [-0.4, -0.2) is 37.8 Å². The fourth-order valence-corrected chi connectivity index (χ4v) is 3.02. The van der Waals surface area contributed by atoms with Crippen LogP contribution < -0.4 is 19.7 Å². The maximum absolute atomic E-state index is 5.44. The van der Waals surface area contributed by atoms with Gasteiger partial charge < -0.3 is 19.7 Å². The summed E-state index contributed by atoms with van der Waals surface area (Å²) >= 11 is 0. The molecule has 6 nitrogen and oxygen atoms in total. The van der Waals surface area contributed by atoms with Crippen LogP contribution in [0.1, 0.15) is 23.7 Å². The maximum Gasteiger partial charge on any atom is 0.224 e. The van der Waals surface area contributed by atoms with Gasteiger partial charge in [0.25, 0.3) is 0 Å². The van der Waals surface area contributed by atoms with Crippen molar-refractivity contribution in [3.05, 3.63) is 35.0 Å². The van der Waals surface area contributed by atoms with Gasteiger partial charge >= 0.3 is 0 Å². The summed E-state index contributed by atoms with van der Waals surface area (Å²) in [6, 6.07) is 6.23. The molecular formula is C18H24N4O2. The van der Waals surface area contributed by atoms with Gasteiger partial charge in [0.1, 0.15) is 5.82 Å². The Labute approximate surface area is 142 Å². The molecule has 128 valence electrons. The molecule has 0 bridgehead atoms. The molecule has 0 fully saturated rings. The molecule has 0 aliphatic carbocycles. The molecule has 0 spiro atoms. The second kappa shape index (κ2) is 6.95. The highest BCUT2D eigenvalue weighted by Gasteiger charge is 2.21. The Hall–Kier alpha value is -2.50. The summed E-state index contributed by atoms with van der Waals surface area (Å²) in [4.78, 5) is 11.4. The van der Waals surface area contributed by atoms with E-state index in [0.29, 0.717) is 5.95 Å². The molecule has 0 saturated heterocycles. The van der Waals surface area contributed by atoms with Crippen LogP contribution in [0.3, 0.4) is 0 Å². The lowest BCUT2D eigenvalue weighted by molar-refractivity contribution is 0.353. The van der Waals surface area contributed by atoms with E-state index >= 15 is 0 Å². The second-order valence-corrected chi connectivity index (χ2v) is 5.79. The van der Waals surface area contributed by atoms with Crippen molar-refractivity contribution in [3.63, 3.8) is 0 Å². The van der Waals surface area contributed by atoms with Crippen LogP contribution in [0.25, 0.3) is 0 Å². The fourth-order valence-electron chi connectivity index (χ4n) is 3.02. The number of nitrogens with one attached hydrogen (secondary N) is 1. The summed E-state index contributed by atoms with van der Waals surface area (Å²) in [6.45, 7) is 3.83. The third kappa shape index (κ3) is 3.09. The molecule has 1 aromatic heterocycles. The molecule has 0 atom stereocenters. The average molecular weight is 328 g/mol. The van der Waals surface area contributed by atoms with E-state index in [1.54, 1.807) is 14.2 Å². The molecule has 0 radical (unpaired) electrons. The number of nitrogens with zero attached hydrogens (tertiary/aromatic N) is 3. The van der Waals surface area contributed by atoms with Gasteiger partial charge in [-0.25, -0.2) is 4.98 Å². The fraction of sp³-hybridized carbons (Fsp3) is 0.444. The smallest absolute Gasteiger partial charge is 0.224 e. The predicted molar refractivity (Wildman–Crippen MR) is 95.3 cm³/mol. The number of anilines is 2. The summed E-state index contributed by atoms with van der Waals surface area (Å²) in [5.41, 5.74) is 3.60. The van der Waals surface area contributed by atoms with Crippen molar-refractivity contribution in [3.8, 4) is 11.5 Å². The van der Waals surface area contributed by atoms with Gasteiger partial charge in [-0.15, -0.1) is 0 Å². The van der Waals surface area contributed by atoms with Crippen LogP contribution in [0.2, 0.25) is 0 Å².